The van der Waals surface area contributed by atoms with E-state index in [2.05, 4.69) is 30.1 Å². The van der Waals surface area contributed by atoms with Crippen LogP contribution in [0.4, 0.5) is 0 Å². The van der Waals surface area contributed by atoms with Gasteiger partial charge >= 0.3 is 0 Å². The summed E-state index contributed by atoms with van der Waals surface area (Å²) in [5.74, 6) is 0.958. The Morgan fingerprint density at radius 1 is 1.19 bits per heavy atom. The quantitative estimate of drug-likeness (QED) is 0.693. The van der Waals surface area contributed by atoms with E-state index in [-0.39, 0.29) is 5.54 Å². The molecule has 2 aliphatic rings. The highest BCUT2D eigenvalue weighted by atomic mass is 15.1. The number of hydrogen-bond acceptors (Lipinski definition) is 3. The van der Waals surface area contributed by atoms with Gasteiger partial charge in [-0.3, -0.25) is 5.32 Å². The summed E-state index contributed by atoms with van der Waals surface area (Å²) in [6.07, 6.45) is 11.4. The molecule has 0 bridgehead atoms. The van der Waals surface area contributed by atoms with Gasteiger partial charge in [0.1, 0.15) is 5.54 Å². The van der Waals surface area contributed by atoms with Crippen LogP contribution in [0.15, 0.2) is 0 Å². The molecule has 1 aliphatic carbocycles. The minimum absolute atomic E-state index is 0.298. The van der Waals surface area contributed by atoms with E-state index < -0.39 is 0 Å². The summed E-state index contributed by atoms with van der Waals surface area (Å²) in [6.45, 7) is 8.20. The molecular formula is C18H33N3. The summed E-state index contributed by atoms with van der Waals surface area (Å²) in [7, 11) is 0. The monoisotopic (exact) mass is 291 g/mol. The molecule has 21 heavy (non-hydrogen) atoms. The maximum Gasteiger partial charge on any atom is 0.104 e. The topological polar surface area (TPSA) is 39.1 Å². The fourth-order valence-corrected chi connectivity index (χ4v) is 3.51. The number of rotatable bonds is 8. The van der Waals surface area contributed by atoms with Crippen molar-refractivity contribution in [3.05, 3.63) is 0 Å². The Kier molecular flexibility index (Phi) is 6.51. The number of hydrogen-bond donors (Lipinski definition) is 1. The van der Waals surface area contributed by atoms with E-state index in [1.54, 1.807) is 0 Å². The molecule has 0 amide bonds. The van der Waals surface area contributed by atoms with Crippen LogP contribution in [0.25, 0.3) is 0 Å². The van der Waals surface area contributed by atoms with E-state index in [0.29, 0.717) is 6.04 Å². The normalized spacial score (nSPS) is 26.8. The van der Waals surface area contributed by atoms with Crippen molar-refractivity contribution in [1.29, 1.82) is 5.26 Å². The van der Waals surface area contributed by atoms with Crippen LogP contribution < -0.4 is 5.32 Å². The van der Waals surface area contributed by atoms with Crippen LogP contribution in [0.3, 0.4) is 0 Å². The van der Waals surface area contributed by atoms with Crippen molar-refractivity contribution in [2.45, 2.75) is 83.2 Å². The Hall–Kier alpha value is -0.590. The van der Waals surface area contributed by atoms with Gasteiger partial charge in [-0.15, -0.1) is 0 Å². The lowest BCUT2D eigenvalue weighted by Crippen LogP contribution is -2.42. The highest BCUT2D eigenvalue weighted by Crippen LogP contribution is 2.25. The second-order valence-corrected chi connectivity index (χ2v) is 7.37. The predicted molar refractivity (Wildman–Crippen MR) is 88.1 cm³/mol. The Bertz CT molecular complexity index is 345. The molecule has 1 saturated carbocycles. The first-order valence-electron chi connectivity index (χ1n) is 9.06. The molecule has 3 nitrogen and oxygen atoms in total. The summed E-state index contributed by atoms with van der Waals surface area (Å²) in [5.41, 5.74) is -0.298. The van der Waals surface area contributed by atoms with Gasteiger partial charge in [-0.05, 0) is 83.8 Å². The molecule has 1 saturated heterocycles. The third-order valence-corrected chi connectivity index (χ3v) is 5.27. The van der Waals surface area contributed by atoms with Crippen molar-refractivity contribution in [3.8, 4) is 6.07 Å². The fraction of sp³-hybridized carbons (Fsp3) is 0.944. The molecule has 3 heteroatoms. The maximum absolute atomic E-state index is 9.38. The Balaban J connectivity index is 1.61. The Labute approximate surface area is 131 Å². The van der Waals surface area contributed by atoms with Crippen molar-refractivity contribution < 1.29 is 0 Å². The summed E-state index contributed by atoms with van der Waals surface area (Å²) in [5, 5.41) is 12.9. The third kappa shape index (κ3) is 5.96. The highest BCUT2D eigenvalue weighted by Gasteiger charge is 2.31. The van der Waals surface area contributed by atoms with Crippen LogP contribution in [0.2, 0.25) is 0 Å². The molecule has 2 atom stereocenters. The molecule has 120 valence electrons. The smallest absolute Gasteiger partial charge is 0.104 e. The minimum atomic E-state index is -0.298. The molecule has 0 radical (unpaired) electrons. The summed E-state index contributed by atoms with van der Waals surface area (Å²) in [6, 6.07) is 3.10. The SMILES string of the molecule is CCC1CCCN(CCCCC(C)(C#N)NC2CC2)CC1. The Morgan fingerprint density at radius 3 is 2.67 bits per heavy atom. The molecule has 0 spiro atoms. The van der Waals surface area contributed by atoms with Crippen molar-refractivity contribution in [1.82, 2.24) is 10.2 Å². The minimum Gasteiger partial charge on any atom is -0.303 e. The molecule has 0 aromatic carbocycles. The molecule has 1 aliphatic heterocycles. The van der Waals surface area contributed by atoms with Crippen molar-refractivity contribution >= 4 is 0 Å². The van der Waals surface area contributed by atoms with Gasteiger partial charge in [0.2, 0.25) is 0 Å². The summed E-state index contributed by atoms with van der Waals surface area (Å²) in [4.78, 5) is 2.65. The van der Waals surface area contributed by atoms with Crippen LogP contribution in [-0.2, 0) is 0 Å². The first-order valence-corrected chi connectivity index (χ1v) is 9.06. The number of nitrogens with one attached hydrogen (secondary N) is 1. The summed E-state index contributed by atoms with van der Waals surface area (Å²) >= 11 is 0. The Morgan fingerprint density at radius 2 is 2.00 bits per heavy atom. The molecular weight excluding hydrogens is 258 g/mol. The number of nitriles is 1. The van der Waals surface area contributed by atoms with Crippen LogP contribution in [0.5, 0.6) is 0 Å². The molecule has 2 rings (SSSR count). The van der Waals surface area contributed by atoms with Gasteiger partial charge in [-0.2, -0.15) is 5.26 Å². The van der Waals surface area contributed by atoms with Crippen LogP contribution in [0, 0.1) is 17.2 Å². The standard InChI is InChI=1S/C18H33N3/c1-3-16-7-6-13-21(14-10-16)12-5-4-11-18(2,15-19)20-17-8-9-17/h16-17,20H,3-14H2,1-2H3. The van der Waals surface area contributed by atoms with Gasteiger partial charge in [0, 0.05) is 6.04 Å². The van der Waals surface area contributed by atoms with Gasteiger partial charge in [0.25, 0.3) is 0 Å². The van der Waals surface area contributed by atoms with E-state index in [1.165, 1.54) is 64.6 Å². The number of likely N-dealkylation sites (tertiary alicyclic amines) is 1. The average molecular weight is 291 g/mol. The first kappa shape index (κ1) is 16.8. The zero-order valence-electron chi connectivity index (χ0n) is 14.0. The van der Waals surface area contributed by atoms with Gasteiger partial charge in [0.15, 0.2) is 0 Å². The zero-order valence-corrected chi connectivity index (χ0v) is 14.0. The van der Waals surface area contributed by atoms with E-state index in [4.69, 9.17) is 0 Å². The molecule has 1 heterocycles. The second kappa shape index (κ2) is 8.15. The summed E-state index contributed by atoms with van der Waals surface area (Å²) < 4.78 is 0. The zero-order chi connectivity index (χ0) is 15.1. The first-order chi connectivity index (χ1) is 10.1. The van der Waals surface area contributed by atoms with Crippen LogP contribution in [-0.4, -0.2) is 36.1 Å². The lowest BCUT2D eigenvalue weighted by Gasteiger charge is -2.24. The second-order valence-electron chi connectivity index (χ2n) is 7.37. The van der Waals surface area contributed by atoms with E-state index in [1.807, 2.05) is 0 Å². The third-order valence-electron chi connectivity index (χ3n) is 5.27. The van der Waals surface area contributed by atoms with E-state index in [0.717, 1.165) is 18.8 Å². The van der Waals surface area contributed by atoms with Crippen LogP contribution in [0.1, 0.15) is 71.6 Å². The molecule has 0 aromatic rings. The van der Waals surface area contributed by atoms with Crippen LogP contribution >= 0.6 is 0 Å². The van der Waals surface area contributed by atoms with Crippen molar-refractivity contribution in [2.75, 3.05) is 19.6 Å². The maximum atomic E-state index is 9.38. The fourth-order valence-electron chi connectivity index (χ4n) is 3.51. The number of unbranched alkanes of at least 4 members (excludes halogenated alkanes) is 1. The molecule has 2 fully saturated rings. The lowest BCUT2D eigenvalue weighted by atomic mass is 9.96. The number of nitrogens with zero attached hydrogens (tertiary/aromatic N) is 2. The van der Waals surface area contributed by atoms with E-state index >= 15 is 0 Å². The van der Waals surface area contributed by atoms with Crippen molar-refractivity contribution in [2.24, 2.45) is 5.92 Å². The van der Waals surface area contributed by atoms with Gasteiger partial charge < -0.3 is 4.90 Å². The predicted octanol–water partition coefficient (Wildman–Crippen LogP) is 3.70. The molecule has 2 unspecified atom stereocenters. The largest absolute Gasteiger partial charge is 0.303 e. The lowest BCUT2D eigenvalue weighted by molar-refractivity contribution is 0.268. The van der Waals surface area contributed by atoms with Gasteiger partial charge in [-0.1, -0.05) is 13.3 Å². The van der Waals surface area contributed by atoms with Crippen molar-refractivity contribution in [3.63, 3.8) is 0 Å². The van der Waals surface area contributed by atoms with Gasteiger partial charge in [-0.25, -0.2) is 0 Å². The molecule has 1 N–H and O–H groups in total. The molecule has 0 aromatic heterocycles. The van der Waals surface area contributed by atoms with E-state index in [9.17, 15) is 5.26 Å². The highest BCUT2D eigenvalue weighted by molar-refractivity contribution is 5.06. The average Bonchev–Trinajstić information content (AvgIpc) is 3.30. The van der Waals surface area contributed by atoms with Gasteiger partial charge in [0.05, 0.1) is 6.07 Å².